The molecule has 4 aromatic rings. The van der Waals surface area contributed by atoms with Crippen molar-refractivity contribution in [2.75, 3.05) is 7.11 Å². The molecular weight excluding hydrogens is 378 g/mol. The van der Waals surface area contributed by atoms with E-state index in [1.165, 1.54) is 6.07 Å². The Morgan fingerprint density at radius 1 is 0.833 bits per heavy atom. The minimum atomic E-state index is -0.392. The number of methoxy groups -OCH3 is 1. The van der Waals surface area contributed by atoms with Crippen LogP contribution >= 0.6 is 0 Å². The van der Waals surface area contributed by atoms with Gasteiger partial charge in [-0.1, -0.05) is 60.7 Å². The molecule has 0 amide bonds. The Hall–Kier alpha value is -3.46. The maximum Gasteiger partial charge on any atom is 0.138 e. The molecular formula is C27H22F2O. The van der Waals surface area contributed by atoms with Gasteiger partial charge in [-0.3, -0.25) is 0 Å². The maximum absolute atomic E-state index is 15.2. The van der Waals surface area contributed by atoms with E-state index >= 15 is 4.39 Å². The summed E-state index contributed by atoms with van der Waals surface area (Å²) in [5.74, 6) is -0.0158. The normalized spacial score (nSPS) is 10.9. The number of ether oxygens (including phenoxy) is 1. The zero-order valence-electron chi connectivity index (χ0n) is 16.8. The Morgan fingerprint density at radius 3 is 2.27 bits per heavy atom. The molecule has 0 aliphatic heterocycles. The van der Waals surface area contributed by atoms with Crippen molar-refractivity contribution < 1.29 is 13.5 Å². The quantitative estimate of drug-likeness (QED) is 0.303. The molecule has 3 heteroatoms. The van der Waals surface area contributed by atoms with Crippen molar-refractivity contribution in [3.8, 4) is 28.0 Å². The lowest BCUT2D eigenvalue weighted by Gasteiger charge is -2.11. The Morgan fingerprint density at radius 2 is 1.57 bits per heavy atom. The lowest BCUT2D eigenvalue weighted by Crippen LogP contribution is -1.92. The van der Waals surface area contributed by atoms with Gasteiger partial charge in [-0.2, -0.15) is 0 Å². The van der Waals surface area contributed by atoms with E-state index in [0.29, 0.717) is 27.8 Å². The molecule has 0 aromatic heterocycles. The summed E-state index contributed by atoms with van der Waals surface area (Å²) in [5, 5.41) is 1.38. The number of aryl methyl sites for hydroxylation is 1. The monoisotopic (exact) mass is 400 g/mol. The molecule has 0 spiro atoms. The van der Waals surface area contributed by atoms with Gasteiger partial charge in [0, 0.05) is 16.5 Å². The van der Waals surface area contributed by atoms with Crippen LogP contribution in [0.15, 0.2) is 85.5 Å². The van der Waals surface area contributed by atoms with Gasteiger partial charge < -0.3 is 4.74 Å². The second kappa shape index (κ2) is 8.50. The van der Waals surface area contributed by atoms with E-state index in [4.69, 9.17) is 4.74 Å². The average molecular weight is 400 g/mol. The third-order valence-corrected chi connectivity index (χ3v) is 5.34. The molecule has 0 bridgehead atoms. The third-order valence-electron chi connectivity index (χ3n) is 5.34. The Bertz CT molecular complexity index is 1210. The summed E-state index contributed by atoms with van der Waals surface area (Å²) in [5.41, 5.74) is 3.26. The zero-order chi connectivity index (χ0) is 21.1. The van der Waals surface area contributed by atoms with E-state index in [1.807, 2.05) is 24.3 Å². The number of halogens is 2. The highest BCUT2D eigenvalue weighted by molar-refractivity contribution is 5.89. The van der Waals surface area contributed by atoms with E-state index in [0.717, 1.165) is 29.4 Å². The van der Waals surface area contributed by atoms with Crippen molar-refractivity contribution in [2.24, 2.45) is 0 Å². The second-order valence-corrected chi connectivity index (χ2v) is 7.23. The van der Waals surface area contributed by atoms with Gasteiger partial charge in [0.15, 0.2) is 0 Å². The first-order valence-electron chi connectivity index (χ1n) is 9.87. The molecule has 0 unspecified atom stereocenters. The van der Waals surface area contributed by atoms with Gasteiger partial charge in [-0.15, -0.1) is 6.58 Å². The van der Waals surface area contributed by atoms with E-state index < -0.39 is 5.82 Å². The molecule has 0 radical (unpaired) electrons. The smallest absolute Gasteiger partial charge is 0.138 e. The molecule has 1 nitrogen and oxygen atoms in total. The summed E-state index contributed by atoms with van der Waals surface area (Å²) in [7, 11) is 1.59. The highest BCUT2D eigenvalue weighted by atomic mass is 19.1. The van der Waals surface area contributed by atoms with Crippen molar-refractivity contribution in [1.29, 1.82) is 0 Å². The van der Waals surface area contributed by atoms with Gasteiger partial charge in [-0.25, -0.2) is 8.78 Å². The van der Waals surface area contributed by atoms with Gasteiger partial charge in [-0.05, 0) is 53.1 Å². The van der Waals surface area contributed by atoms with Gasteiger partial charge in [0.2, 0.25) is 0 Å². The summed E-state index contributed by atoms with van der Waals surface area (Å²) >= 11 is 0. The Balaban J connectivity index is 1.70. The molecule has 0 saturated heterocycles. The van der Waals surface area contributed by atoms with Crippen LogP contribution in [-0.2, 0) is 6.42 Å². The van der Waals surface area contributed by atoms with Crippen LogP contribution in [0.25, 0.3) is 33.0 Å². The summed E-state index contributed by atoms with van der Waals surface area (Å²) in [6.45, 7) is 3.74. The van der Waals surface area contributed by atoms with Crippen LogP contribution in [0.2, 0.25) is 0 Å². The largest absolute Gasteiger partial charge is 0.497 e. The van der Waals surface area contributed by atoms with Crippen molar-refractivity contribution in [2.45, 2.75) is 12.8 Å². The first kappa shape index (κ1) is 19.8. The van der Waals surface area contributed by atoms with E-state index in [1.54, 1.807) is 55.6 Å². The molecule has 150 valence electrons. The van der Waals surface area contributed by atoms with E-state index in [9.17, 15) is 4.39 Å². The van der Waals surface area contributed by atoms with Gasteiger partial charge in [0.05, 0.1) is 7.11 Å². The lowest BCUT2D eigenvalue weighted by molar-refractivity contribution is 0.415. The maximum atomic E-state index is 15.2. The number of benzene rings is 4. The van der Waals surface area contributed by atoms with E-state index in [-0.39, 0.29) is 5.82 Å². The number of hydrogen-bond donors (Lipinski definition) is 0. The molecule has 0 N–H and O–H groups in total. The van der Waals surface area contributed by atoms with Crippen LogP contribution < -0.4 is 4.74 Å². The molecule has 0 saturated carbocycles. The van der Waals surface area contributed by atoms with Gasteiger partial charge >= 0.3 is 0 Å². The first-order chi connectivity index (χ1) is 14.6. The molecule has 0 atom stereocenters. The van der Waals surface area contributed by atoms with Crippen LogP contribution in [0.5, 0.6) is 5.75 Å². The SMILES string of the molecule is C=CCCc1ccc2c(F)c(-c3ccc(-c4ccc(OC)cc4)c(F)c3)ccc2c1. The van der Waals surface area contributed by atoms with Crippen LogP contribution in [0.1, 0.15) is 12.0 Å². The predicted molar refractivity (Wildman–Crippen MR) is 120 cm³/mol. The third kappa shape index (κ3) is 3.84. The van der Waals surface area contributed by atoms with Gasteiger partial charge in [0.25, 0.3) is 0 Å². The Labute approximate surface area is 175 Å². The number of fused-ring (bicyclic) bond motifs is 1. The molecule has 0 aliphatic rings. The van der Waals surface area contributed by atoms with Crippen LogP contribution in [0, 0.1) is 11.6 Å². The molecule has 0 aliphatic carbocycles. The highest BCUT2D eigenvalue weighted by Crippen LogP contribution is 2.33. The van der Waals surface area contributed by atoms with Crippen LogP contribution in [0.4, 0.5) is 8.78 Å². The van der Waals surface area contributed by atoms with Gasteiger partial charge in [0.1, 0.15) is 17.4 Å². The summed E-state index contributed by atoms with van der Waals surface area (Å²) < 4.78 is 35.2. The zero-order valence-corrected chi connectivity index (χ0v) is 16.8. The average Bonchev–Trinajstić information content (AvgIpc) is 2.78. The van der Waals surface area contributed by atoms with E-state index in [2.05, 4.69) is 6.58 Å². The number of rotatable bonds is 6. The summed E-state index contributed by atoms with van der Waals surface area (Å²) in [6.07, 6.45) is 3.63. The van der Waals surface area contributed by atoms with Crippen molar-refractivity contribution in [3.05, 3.63) is 103 Å². The number of hydrogen-bond acceptors (Lipinski definition) is 1. The van der Waals surface area contributed by atoms with Crippen LogP contribution in [-0.4, -0.2) is 7.11 Å². The fourth-order valence-corrected chi connectivity index (χ4v) is 3.68. The molecule has 4 rings (SSSR count). The Kier molecular flexibility index (Phi) is 5.62. The standard InChI is InChI=1S/C27H22F2O/c1-3-4-5-18-6-13-24-20(16-18)10-15-25(27(24)29)21-9-14-23(26(28)17-21)19-7-11-22(30-2)12-8-19/h3,6-17H,1,4-5H2,2H3. The highest BCUT2D eigenvalue weighted by Gasteiger charge is 2.13. The number of allylic oxidation sites excluding steroid dienone is 1. The fourth-order valence-electron chi connectivity index (χ4n) is 3.68. The first-order valence-corrected chi connectivity index (χ1v) is 9.87. The fraction of sp³-hybridized carbons (Fsp3) is 0.111. The van der Waals surface area contributed by atoms with Crippen molar-refractivity contribution in [3.63, 3.8) is 0 Å². The minimum absolute atomic E-state index is 0.334. The van der Waals surface area contributed by atoms with Crippen molar-refractivity contribution >= 4 is 10.8 Å². The lowest BCUT2D eigenvalue weighted by atomic mass is 9.96. The molecule has 0 fully saturated rings. The summed E-state index contributed by atoms with van der Waals surface area (Å²) in [6, 6.07) is 21.4. The van der Waals surface area contributed by atoms with Crippen molar-refractivity contribution in [1.82, 2.24) is 0 Å². The topological polar surface area (TPSA) is 9.23 Å². The van der Waals surface area contributed by atoms with Crippen LogP contribution in [0.3, 0.4) is 0 Å². The molecule has 30 heavy (non-hydrogen) atoms. The second-order valence-electron chi connectivity index (χ2n) is 7.23. The molecule has 0 heterocycles. The summed E-state index contributed by atoms with van der Waals surface area (Å²) in [4.78, 5) is 0. The minimum Gasteiger partial charge on any atom is -0.497 e. The predicted octanol–water partition coefficient (Wildman–Crippen LogP) is 7.58. The molecule has 4 aromatic carbocycles.